The average molecular weight is 268 g/mol. The quantitative estimate of drug-likeness (QED) is 0.863. The van der Waals surface area contributed by atoms with Gasteiger partial charge >= 0.3 is 5.97 Å². The van der Waals surface area contributed by atoms with Gasteiger partial charge in [0.05, 0.1) is 0 Å². The minimum absolute atomic E-state index is 0.337. The van der Waals surface area contributed by atoms with E-state index in [0.717, 1.165) is 21.1 Å². The molecular weight excluding hydrogens is 258 g/mol. The van der Waals surface area contributed by atoms with E-state index in [1.807, 2.05) is 26.0 Å². The van der Waals surface area contributed by atoms with E-state index in [9.17, 15) is 4.79 Å². The van der Waals surface area contributed by atoms with Gasteiger partial charge in [-0.2, -0.15) is 0 Å². The number of hydrogen-bond donors (Lipinski definition) is 1. The van der Waals surface area contributed by atoms with Gasteiger partial charge in [0.2, 0.25) is 0 Å². The number of aromatic nitrogens is 1. The van der Waals surface area contributed by atoms with Crippen molar-refractivity contribution < 1.29 is 9.90 Å². The molecule has 2 aromatic heterocycles. The lowest BCUT2D eigenvalue weighted by atomic mass is 10.1. The molecule has 2 heterocycles. The molecule has 0 aliphatic rings. The van der Waals surface area contributed by atoms with Crippen molar-refractivity contribution in [3.8, 4) is 0 Å². The number of aryl methyl sites for hydroxylation is 1. The fraction of sp³-hybridized carbons (Fsp3) is 0.182. The molecule has 15 heavy (non-hydrogen) atoms. The number of nitrogens with zero attached hydrogens (tertiary/aromatic N) is 1. The third-order valence-corrected chi connectivity index (χ3v) is 3.13. The van der Waals surface area contributed by atoms with Crippen molar-refractivity contribution in [2.24, 2.45) is 0 Å². The van der Waals surface area contributed by atoms with Crippen molar-refractivity contribution in [3.63, 3.8) is 0 Å². The SMILES string of the molecule is Cc1c(C)c2ccc(Br)cn2c1C(=O)O. The number of halogens is 1. The van der Waals surface area contributed by atoms with Gasteiger partial charge < -0.3 is 9.51 Å². The van der Waals surface area contributed by atoms with E-state index in [1.54, 1.807) is 10.6 Å². The van der Waals surface area contributed by atoms with Crippen LogP contribution >= 0.6 is 15.9 Å². The van der Waals surface area contributed by atoms with Gasteiger partial charge in [0.25, 0.3) is 0 Å². The lowest BCUT2D eigenvalue weighted by Crippen LogP contribution is -2.03. The Kier molecular flexibility index (Phi) is 2.31. The lowest BCUT2D eigenvalue weighted by Gasteiger charge is -1.99. The highest BCUT2D eigenvalue weighted by atomic mass is 79.9. The number of aromatic carboxylic acids is 1. The molecule has 0 atom stereocenters. The highest BCUT2D eigenvalue weighted by molar-refractivity contribution is 9.10. The Hall–Kier alpha value is -1.29. The first-order valence-corrected chi connectivity index (χ1v) is 5.31. The number of fused-ring (bicyclic) bond motifs is 1. The maximum absolute atomic E-state index is 11.1. The van der Waals surface area contributed by atoms with Gasteiger partial charge in [0.15, 0.2) is 0 Å². The molecule has 0 saturated carbocycles. The van der Waals surface area contributed by atoms with Crippen LogP contribution in [0.2, 0.25) is 0 Å². The zero-order valence-corrected chi connectivity index (χ0v) is 10.00. The van der Waals surface area contributed by atoms with Gasteiger partial charge in [-0.05, 0) is 53.0 Å². The number of carboxylic acids is 1. The Morgan fingerprint density at radius 2 is 2.00 bits per heavy atom. The standard InChI is InChI=1S/C11H10BrNO2/c1-6-7(2)10(11(14)15)13-5-8(12)3-4-9(6)13/h3-5H,1-2H3,(H,14,15). The molecule has 1 N–H and O–H groups in total. The summed E-state index contributed by atoms with van der Waals surface area (Å²) in [6.45, 7) is 3.77. The summed E-state index contributed by atoms with van der Waals surface area (Å²) in [5.74, 6) is -0.895. The fourth-order valence-electron chi connectivity index (χ4n) is 1.78. The maximum Gasteiger partial charge on any atom is 0.353 e. The first-order chi connectivity index (χ1) is 7.02. The van der Waals surface area contributed by atoms with Crippen LogP contribution in [-0.2, 0) is 0 Å². The van der Waals surface area contributed by atoms with Gasteiger partial charge in [-0.1, -0.05) is 0 Å². The summed E-state index contributed by atoms with van der Waals surface area (Å²) in [6, 6.07) is 3.83. The van der Waals surface area contributed by atoms with E-state index in [4.69, 9.17) is 5.11 Å². The molecule has 2 rings (SSSR count). The summed E-state index contributed by atoms with van der Waals surface area (Å²) in [7, 11) is 0. The van der Waals surface area contributed by atoms with E-state index in [1.165, 1.54) is 0 Å². The Morgan fingerprint density at radius 3 is 2.60 bits per heavy atom. The predicted molar refractivity (Wildman–Crippen MR) is 61.5 cm³/mol. The molecule has 0 amide bonds. The van der Waals surface area contributed by atoms with Gasteiger partial charge in [-0.25, -0.2) is 4.79 Å². The number of carboxylic acid groups (broad SMARTS) is 1. The minimum Gasteiger partial charge on any atom is -0.477 e. The van der Waals surface area contributed by atoms with E-state index in [2.05, 4.69) is 15.9 Å². The zero-order chi connectivity index (χ0) is 11.2. The van der Waals surface area contributed by atoms with Crippen molar-refractivity contribution in [2.75, 3.05) is 0 Å². The largest absolute Gasteiger partial charge is 0.477 e. The Balaban J connectivity index is 2.95. The summed E-state index contributed by atoms with van der Waals surface area (Å²) >= 11 is 3.34. The second kappa shape index (κ2) is 3.38. The molecule has 0 saturated heterocycles. The third-order valence-electron chi connectivity index (χ3n) is 2.66. The molecule has 0 aliphatic heterocycles. The van der Waals surface area contributed by atoms with Gasteiger partial charge in [-0.15, -0.1) is 0 Å². The summed E-state index contributed by atoms with van der Waals surface area (Å²) in [5, 5.41) is 9.13. The van der Waals surface area contributed by atoms with Crippen LogP contribution in [0.15, 0.2) is 22.8 Å². The fourth-order valence-corrected chi connectivity index (χ4v) is 2.12. The van der Waals surface area contributed by atoms with Crippen LogP contribution in [0.5, 0.6) is 0 Å². The smallest absolute Gasteiger partial charge is 0.353 e. The summed E-state index contributed by atoms with van der Waals surface area (Å²) in [6.07, 6.45) is 1.78. The van der Waals surface area contributed by atoms with Crippen LogP contribution in [-0.4, -0.2) is 15.5 Å². The molecule has 2 aromatic rings. The van der Waals surface area contributed by atoms with E-state index in [0.29, 0.717) is 5.69 Å². The van der Waals surface area contributed by atoms with Gasteiger partial charge in [0.1, 0.15) is 5.69 Å². The van der Waals surface area contributed by atoms with Crippen LogP contribution in [0.25, 0.3) is 5.52 Å². The molecule has 0 aliphatic carbocycles. The van der Waals surface area contributed by atoms with Crippen LogP contribution in [0.4, 0.5) is 0 Å². The summed E-state index contributed by atoms with van der Waals surface area (Å²) in [5.41, 5.74) is 3.11. The summed E-state index contributed by atoms with van der Waals surface area (Å²) in [4.78, 5) is 11.1. The topological polar surface area (TPSA) is 41.7 Å². The molecule has 0 bridgehead atoms. The van der Waals surface area contributed by atoms with Crippen molar-refractivity contribution in [3.05, 3.63) is 39.6 Å². The van der Waals surface area contributed by atoms with Crippen LogP contribution in [0.3, 0.4) is 0 Å². The predicted octanol–water partition coefficient (Wildman–Crippen LogP) is 3.02. The number of hydrogen-bond acceptors (Lipinski definition) is 1. The number of pyridine rings is 1. The normalized spacial score (nSPS) is 10.9. The monoisotopic (exact) mass is 267 g/mol. The van der Waals surface area contributed by atoms with Gasteiger partial charge in [0, 0.05) is 16.2 Å². The number of rotatable bonds is 1. The van der Waals surface area contributed by atoms with E-state index >= 15 is 0 Å². The third kappa shape index (κ3) is 1.45. The molecule has 4 heteroatoms. The molecule has 0 aromatic carbocycles. The second-order valence-corrected chi connectivity index (χ2v) is 4.42. The van der Waals surface area contributed by atoms with Crippen LogP contribution in [0.1, 0.15) is 21.6 Å². The molecule has 0 spiro atoms. The molecule has 0 radical (unpaired) electrons. The van der Waals surface area contributed by atoms with E-state index < -0.39 is 5.97 Å². The highest BCUT2D eigenvalue weighted by Gasteiger charge is 2.17. The minimum atomic E-state index is -0.895. The molecule has 0 fully saturated rings. The van der Waals surface area contributed by atoms with E-state index in [-0.39, 0.29) is 0 Å². The second-order valence-electron chi connectivity index (χ2n) is 3.51. The van der Waals surface area contributed by atoms with Crippen molar-refractivity contribution in [2.45, 2.75) is 13.8 Å². The maximum atomic E-state index is 11.1. The molecule has 3 nitrogen and oxygen atoms in total. The van der Waals surface area contributed by atoms with Crippen molar-refractivity contribution in [1.29, 1.82) is 0 Å². The first-order valence-electron chi connectivity index (χ1n) is 4.52. The highest BCUT2D eigenvalue weighted by Crippen LogP contribution is 2.24. The first kappa shape index (κ1) is 10.2. The molecular formula is C11H10BrNO2. The zero-order valence-electron chi connectivity index (χ0n) is 8.41. The van der Waals surface area contributed by atoms with Crippen LogP contribution in [0, 0.1) is 13.8 Å². The summed E-state index contributed by atoms with van der Waals surface area (Å²) < 4.78 is 2.57. The number of carbonyl (C=O) groups is 1. The Labute approximate surface area is 95.5 Å². The lowest BCUT2D eigenvalue weighted by molar-refractivity contribution is 0.0688. The van der Waals surface area contributed by atoms with Crippen molar-refractivity contribution in [1.82, 2.24) is 4.40 Å². The van der Waals surface area contributed by atoms with Crippen LogP contribution < -0.4 is 0 Å². The Morgan fingerprint density at radius 1 is 1.33 bits per heavy atom. The molecule has 0 unspecified atom stereocenters. The Bertz CT molecular complexity index is 557. The van der Waals surface area contributed by atoms with Gasteiger partial charge in [-0.3, -0.25) is 0 Å². The van der Waals surface area contributed by atoms with Crippen molar-refractivity contribution >= 4 is 27.4 Å². The average Bonchev–Trinajstić information content (AvgIpc) is 2.39. The molecule has 78 valence electrons.